The number of hydrogen-bond acceptors (Lipinski definition) is 4. The van der Waals surface area contributed by atoms with E-state index < -0.39 is 0 Å². The molecule has 21 heavy (non-hydrogen) atoms. The van der Waals surface area contributed by atoms with Gasteiger partial charge in [0.25, 0.3) is 0 Å². The lowest BCUT2D eigenvalue weighted by molar-refractivity contribution is -0.116. The van der Waals surface area contributed by atoms with Crippen LogP contribution in [0.4, 0.5) is 5.69 Å². The summed E-state index contributed by atoms with van der Waals surface area (Å²) in [6, 6.07) is 7.52. The van der Waals surface area contributed by atoms with E-state index in [9.17, 15) is 9.59 Å². The van der Waals surface area contributed by atoms with Crippen LogP contribution < -0.4 is 10.2 Å². The number of amides is 1. The monoisotopic (exact) mass is 306 g/mol. The highest BCUT2D eigenvalue weighted by atomic mass is 32.1. The maximum Gasteiger partial charge on any atom is 0.307 e. The zero-order valence-electron chi connectivity index (χ0n) is 11.8. The fourth-order valence-electron chi connectivity index (χ4n) is 2.03. The van der Waals surface area contributed by atoms with Crippen molar-refractivity contribution in [1.29, 1.82) is 0 Å². The third-order valence-electron chi connectivity index (χ3n) is 3.11. The Morgan fingerprint density at radius 1 is 1.43 bits per heavy atom. The molecule has 0 unspecified atom stereocenters. The van der Waals surface area contributed by atoms with Crippen LogP contribution in [0.2, 0.25) is 0 Å². The summed E-state index contributed by atoms with van der Waals surface area (Å²) in [5, 5.41) is 13.4. The minimum absolute atomic E-state index is 0.0229. The predicted octanol–water partition coefficient (Wildman–Crippen LogP) is 1.78. The van der Waals surface area contributed by atoms with Crippen LogP contribution in [-0.4, -0.2) is 22.2 Å². The largest absolute Gasteiger partial charge is 0.396 e. The molecule has 1 aromatic heterocycles. The van der Waals surface area contributed by atoms with Gasteiger partial charge in [0.05, 0.1) is 0 Å². The molecule has 0 aliphatic rings. The Bertz CT molecular complexity index is 676. The first-order chi connectivity index (χ1) is 10.1. The van der Waals surface area contributed by atoms with E-state index in [-0.39, 0.29) is 23.9 Å². The van der Waals surface area contributed by atoms with Crippen LogP contribution in [0.3, 0.4) is 0 Å². The van der Waals surface area contributed by atoms with E-state index in [2.05, 4.69) is 5.32 Å². The lowest BCUT2D eigenvalue weighted by Crippen LogP contribution is -2.25. The number of anilines is 1. The van der Waals surface area contributed by atoms with E-state index in [0.29, 0.717) is 12.1 Å². The number of aliphatic hydroxyl groups is 1. The van der Waals surface area contributed by atoms with Crippen molar-refractivity contribution in [2.24, 2.45) is 0 Å². The van der Waals surface area contributed by atoms with E-state index in [1.54, 1.807) is 12.3 Å². The van der Waals surface area contributed by atoms with Gasteiger partial charge in [0.2, 0.25) is 5.91 Å². The lowest BCUT2D eigenvalue weighted by Gasteiger charge is -2.08. The molecule has 2 rings (SSSR count). The number of aromatic nitrogens is 1. The first kappa shape index (κ1) is 15.5. The van der Waals surface area contributed by atoms with Crippen LogP contribution >= 0.6 is 11.3 Å². The molecule has 112 valence electrons. The number of aryl methyl sites for hydroxylation is 2. The van der Waals surface area contributed by atoms with Crippen LogP contribution in [0, 0.1) is 6.92 Å². The van der Waals surface area contributed by atoms with Gasteiger partial charge in [-0.25, -0.2) is 0 Å². The lowest BCUT2D eigenvalue weighted by atomic mass is 10.1. The van der Waals surface area contributed by atoms with Crippen molar-refractivity contribution in [1.82, 2.24) is 4.57 Å². The van der Waals surface area contributed by atoms with Gasteiger partial charge in [-0.2, -0.15) is 0 Å². The summed E-state index contributed by atoms with van der Waals surface area (Å²) in [5.41, 5.74) is 2.55. The van der Waals surface area contributed by atoms with Gasteiger partial charge in [-0.15, -0.1) is 0 Å². The molecule has 0 radical (unpaired) electrons. The minimum Gasteiger partial charge on any atom is -0.396 e. The van der Waals surface area contributed by atoms with Crippen molar-refractivity contribution in [3.8, 4) is 0 Å². The van der Waals surface area contributed by atoms with Crippen LogP contribution in [0.5, 0.6) is 0 Å². The molecule has 0 saturated heterocycles. The number of benzene rings is 1. The van der Waals surface area contributed by atoms with Gasteiger partial charge in [0, 0.05) is 23.4 Å². The highest BCUT2D eigenvalue weighted by Gasteiger charge is 2.08. The quantitative estimate of drug-likeness (QED) is 0.854. The first-order valence-electron chi connectivity index (χ1n) is 6.74. The number of nitrogens with one attached hydrogen (secondary N) is 1. The van der Waals surface area contributed by atoms with Crippen molar-refractivity contribution >= 4 is 22.9 Å². The number of hydrogen-bond donors (Lipinski definition) is 2. The molecule has 0 fully saturated rings. The van der Waals surface area contributed by atoms with Crippen LogP contribution in [0.15, 0.2) is 34.4 Å². The Morgan fingerprint density at radius 2 is 2.24 bits per heavy atom. The molecule has 1 heterocycles. The van der Waals surface area contributed by atoms with E-state index in [1.165, 1.54) is 4.57 Å². The molecule has 1 aromatic carbocycles. The minimum atomic E-state index is -0.224. The van der Waals surface area contributed by atoms with Crippen molar-refractivity contribution < 1.29 is 9.90 Å². The number of aliphatic hydroxyl groups excluding tert-OH is 1. The molecule has 2 aromatic rings. The molecule has 0 spiro atoms. The number of carbonyl (C=O) groups excluding carboxylic acids is 1. The van der Waals surface area contributed by atoms with Gasteiger partial charge in [-0.05, 0) is 37.5 Å². The average molecular weight is 306 g/mol. The third-order valence-corrected chi connectivity index (χ3v) is 3.99. The second-order valence-corrected chi connectivity index (χ2v) is 5.63. The molecule has 0 aliphatic heterocycles. The Hall–Kier alpha value is -1.92. The Labute approximate surface area is 126 Å². The smallest absolute Gasteiger partial charge is 0.307 e. The van der Waals surface area contributed by atoms with Crippen molar-refractivity contribution in [2.75, 3.05) is 11.9 Å². The SMILES string of the molecule is Cc1csc(=O)n1CC(=O)Nc1cccc(CCCO)c1. The molecule has 1 amide bonds. The summed E-state index contributed by atoms with van der Waals surface area (Å²) in [4.78, 5) is 23.5. The third kappa shape index (κ3) is 4.27. The summed E-state index contributed by atoms with van der Waals surface area (Å²) in [5.74, 6) is -0.224. The fourth-order valence-corrected chi connectivity index (χ4v) is 2.76. The highest BCUT2D eigenvalue weighted by molar-refractivity contribution is 7.07. The van der Waals surface area contributed by atoms with Crippen LogP contribution in [-0.2, 0) is 17.8 Å². The predicted molar refractivity (Wildman–Crippen MR) is 83.8 cm³/mol. The molecule has 0 aliphatic carbocycles. The summed E-state index contributed by atoms with van der Waals surface area (Å²) in [6.45, 7) is 1.98. The summed E-state index contributed by atoms with van der Waals surface area (Å²) in [6.07, 6.45) is 1.46. The summed E-state index contributed by atoms with van der Waals surface area (Å²) >= 11 is 1.09. The van der Waals surface area contributed by atoms with Crippen molar-refractivity contribution in [3.63, 3.8) is 0 Å². The number of thiazole rings is 1. The normalized spacial score (nSPS) is 10.6. The van der Waals surface area contributed by atoms with Crippen LogP contribution in [0.25, 0.3) is 0 Å². The standard InChI is InChI=1S/C15H18N2O3S/c1-11-10-21-15(20)17(11)9-14(19)16-13-6-2-4-12(8-13)5-3-7-18/h2,4,6,8,10,18H,3,5,7,9H2,1H3,(H,16,19). The maximum absolute atomic E-state index is 12.0. The topological polar surface area (TPSA) is 71.3 Å². The zero-order chi connectivity index (χ0) is 15.2. The van der Waals surface area contributed by atoms with Gasteiger partial charge in [0.1, 0.15) is 6.54 Å². The van der Waals surface area contributed by atoms with E-state index in [4.69, 9.17) is 5.11 Å². The van der Waals surface area contributed by atoms with E-state index >= 15 is 0 Å². The Morgan fingerprint density at radius 3 is 2.90 bits per heavy atom. The maximum atomic E-state index is 12.0. The number of rotatable bonds is 6. The van der Waals surface area contributed by atoms with Gasteiger partial charge in [-0.3, -0.25) is 14.2 Å². The summed E-state index contributed by atoms with van der Waals surface area (Å²) in [7, 11) is 0. The Kier molecular flexibility index (Phi) is 5.30. The molecule has 6 heteroatoms. The van der Waals surface area contributed by atoms with Gasteiger partial charge in [-0.1, -0.05) is 23.5 Å². The summed E-state index contributed by atoms with van der Waals surface area (Å²) < 4.78 is 1.45. The van der Waals surface area contributed by atoms with Crippen molar-refractivity contribution in [2.45, 2.75) is 26.3 Å². The Balaban J connectivity index is 2.01. The van der Waals surface area contributed by atoms with Crippen LogP contribution in [0.1, 0.15) is 17.7 Å². The molecule has 0 saturated carbocycles. The fraction of sp³-hybridized carbons (Fsp3) is 0.333. The molecular weight excluding hydrogens is 288 g/mol. The second-order valence-electron chi connectivity index (χ2n) is 4.80. The molecule has 5 nitrogen and oxygen atoms in total. The van der Waals surface area contributed by atoms with Gasteiger partial charge < -0.3 is 10.4 Å². The molecular formula is C15H18N2O3S. The molecule has 2 N–H and O–H groups in total. The molecule has 0 bridgehead atoms. The highest BCUT2D eigenvalue weighted by Crippen LogP contribution is 2.12. The zero-order valence-corrected chi connectivity index (χ0v) is 12.7. The van der Waals surface area contributed by atoms with E-state index in [1.807, 2.05) is 24.3 Å². The van der Waals surface area contributed by atoms with Gasteiger partial charge >= 0.3 is 4.87 Å². The number of carbonyl (C=O) groups is 1. The second kappa shape index (κ2) is 7.19. The van der Waals surface area contributed by atoms with Gasteiger partial charge in [0.15, 0.2) is 0 Å². The van der Waals surface area contributed by atoms with Crippen molar-refractivity contribution in [3.05, 3.63) is 50.6 Å². The van der Waals surface area contributed by atoms with E-state index in [0.717, 1.165) is 29.0 Å². The molecule has 0 atom stereocenters. The first-order valence-corrected chi connectivity index (χ1v) is 7.62. The average Bonchev–Trinajstić information content (AvgIpc) is 2.77. The number of nitrogens with zero attached hydrogens (tertiary/aromatic N) is 1.